The lowest BCUT2D eigenvalue weighted by Gasteiger charge is -2.10. The third-order valence-corrected chi connectivity index (χ3v) is 3.64. The molecule has 0 aliphatic rings. The Bertz CT molecular complexity index is 567. The monoisotopic (exact) mass is 257 g/mol. The van der Waals surface area contributed by atoms with Crippen LogP contribution in [0.2, 0.25) is 0 Å². The average Bonchev–Trinajstić information content (AvgIpc) is 2.81. The summed E-state index contributed by atoms with van der Waals surface area (Å²) in [6.45, 7) is 4.65. The lowest BCUT2D eigenvalue weighted by molar-refractivity contribution is 1.03. The minimum Gasteiger partial charge on any atom is -0.384 e. The number of thiophene rings is 1. The first-order chi connectivity index (χ1) is 8.70. The van der Waals surface area contributed by atoms with Gasteiger partial charge in [-0.05, 0) is 37.8 Å². The topological polar surface area (TPSA) is 48.7 Å². The van der Waals surface area contributed by atoms with Crippen molar-refractivity contribution in [2.24, 2.45) is 0 Å². The molecule has 4 heteroatoms. The van der Waals surface area contributed by atoms with E-state index < -0.39 is 0 Å². The van der Waals surface area contributed by atoms with Gasteiger partial charge < -0.3 is 5.32 Å². The number of aromatic nitrogens is 1. The van der Waals surface area contributed by atoms with Crippen LogP contribution in [0.5, 0.6) is 0 Å². The van der Waals surface area contributed by atoms with Gasteiger partial charge in [-0.1, -0.05) is 6.07 Å². The maximum atomic E-state index is 9.15. The molecule has 18 heavy (non-hydrogen) atoms. The standard InChI is InChI=1S/C14H15N3S/c1-10-8-14(13(9-15)11(2)17-10)16-6-5-12-4-3-7-18-12/h3-4,7-8H,5-6H2,1-2H3,(H,16,17). The van der Waals surface area contributed by atoms with E-state index in [1.165, 1.54) is 4.88 Å². The zero-order chi connectivity index (χ0) is 13.0. The Labute approximate surface area is 111 Å². The van der Waals surface area contributed by atoms with Gasteiger partial charge in [-0.2, -0.15) is 5.26 Å². The fourth-order valence-electron chi connectivity index (χ4n) is 1.88. The first kappa shape index (κ1) is 12.6. The van der Waals surface area contributed by atoms with Crippen molar-refractivity contribution >= 4 is 17.0 Å². The van der Waals surface area contributed by atoms with Crippen LogP contribution in [0.3, 0.4) is 0 Å². The minimum absolute atomic E-state index is 0.645. The molecule has 0 unspecified atom stereocenters. The summed E-state index contributed by atoms with van der Waals surface area (Å²) in [4.78, 5) is 5.65. The number of aryl methyl sites for hydroxylation is 2. The summed E-state index contributed by atoms with van der Waals surface area (Å²) in [6, 6.07) is 8.33. The van der Waals surface area contributed by atoms with Crippen LogP contribution >= 0.6 is 11.3 Å². The van der Waals surface area contributed by atoms with Crippen molar-refractivity contribution in [3.05, 3.63) is 45.4 Å². The van der Waals surface area contributed by atoms with Gasteiger partial charge in [0, 0.05) is 17.1 Å². The van der Waals surface area contributed by atoms with E-state index in [1.807, 2.05) is 19.9 Å². The summed E-state index contributed by atoms with van der Waals surface area (Å²) in [5.41, 5.74) is 3.26. The van der Waals surface area contributed by atoms with Crippen LogP contribution in [0.15, 0.2) is 23.6 Å². The molecule has 3 nitrogen and oxygen atoms in total. The number of nitriles is 1. The predicted molar refractivity (Wildman–Crippen MR) is 74.9 cm³/mol. The van der Waals surface area contributed by atoms with E-state index in [2.05, 4.69) is 33.9 Å². The van der Waals surface area contributed by atoms with Crippen LogP contribution in [-0.2, 0) is 6.42 Å². The van der Waals surface area contributed by atoms with Crippen molar-refractivity contribution < 1.29 is 0 Å². The van der Waals surface area contributed by atoms with E-state index in [0.29, 0.717) is 5.56 Å². The third kappa shape index (κ3) is 2.88. The zero-order valence-electron chi connectivity index (χ0n) is 10.5. The maximum absolute atomic E-state index is 9.15. The third-order valence-electron chi connectivity index (χ3n) is 2.71. The highest BCUT2D eigenvalue weighted by Gasteiger charge is 2.07. The van der Waals surface area contributed by atoms with Gasteiger partial charge >= 0.3 is 0 Å². The summed E-state index contributed by atoms with van der Waals surface area (Å²) in [5.74, 6) is 0. The van der Waals surface area contributed by atoms with E-state index in [-0.39, 0.29) is 0 Å². The van der Waals surface area contributed by atoms with Crippen LogP contribution in [0.25, 0.3) is 0 Å². The Kier molecular flexibility index (Phi) is 3.96. The van der Waals surface area contributed by atoms with Crippen LogP contribution in [-0.4, -0.2) is 11.5 Å². The van der Waals surface area contributed by atoms with Crippen LogP contribution < -0.4 is 5.32 Å². The van der Waals surface area contributed by atoms with E-state index in [4.69, 9.17) is 5.26 Å². The number of rotatable bonds is 4. The molecule has 0 amide bonds. The molecule has 1 N–H and O–H groups in total. The molecule has 2 aromatic heterocycles. The van der Waals surface area contributed by atoms with Crippen molar-refractivity contribution in [2.75, 3.05) is 11.9 Å². The van der Waals surface area contributed by atoms with Gasteiger partial charge in [-0.3, -0.25) is 4.98 Å². The van der Waals surface area contributed by atoms with E-state index in [0.717, 1.165) is 30.0 Å². The number of hydrogen-bond acceptors (Lipinski definition) is 4. The Balaban J connectivity index is 2.07. The lowest BCUT2D eigenvalue weighted by atomic mass is 10.1. The Morgan fingerprint density at radius 3 is 2.94 bits per heavy atom. The second-order valence-electron chi connectivity index (χ2n) is 4.14. The molecular formula is C14H15N3S. The predicted octanol–water partition coefficient (Wildman–Crippen LogP) is 3.29. The maximum Gasteiger partial charge on any atom is 0.103 e. The summed E-state index contributed by atoms with van der Waals surface area (Å²) < 4.78 is 0. The molecule has 92 valence electrons. The Hall–Kier alpha value is -1.86. The molecule has 0 radical (unpaired) electrons. The van der Waals surface area contributed by atoms with E-state index in [1.54, 1.807) is 11.3 Å². The van der Waals surface area contributed by atoms with Gasteiger partial charge in [0.25, 0.3) is 0 Å². The van der Waals surface area contributed by atoms with Crippen molar-refractivity contribution in [1.82, 2.24) is 4.98 Å². The molecule has 0 atom stereocenters. The molecule has 2 heterocycles. The minimum atomic E-state index is 0.645. The molecule has 2 aromatic rings. The highest BCUT2D eigenvalue weighted by molar-refractivity contribution is 7.09. The molecule has 0 saturated heterocycles. The molecule has 0 aromatic carbocycles. The fraction of sp³-hybridized carbons (Fsp3) is 0.286. The molecular weight excluding hydrogens is 242 g/mol. The van der Waals surface area contributed by atoms with Crippen molar-refractivity contribution in [3.63, 3.8) is 0 Å². The lowest BCUT2D eigenvalue weighted by Crippen LogP contribution is -2.07. The summed E-state index contributed by atoms with van der Waals surface area (Å²) in [5, 5.41) is 14.6. The van der Waals surface area contributed by atoms with Crippen LogP contribution in [0.4, 0.5) is 5.69 Å². The van der Waals surface area contributed by atoms with Gasteiger partial charge in [0.1, 0.15) is 6.07 Å². The summed E-state index contributed by atoms with van der Waals surface area (Å²) in [6.07, 6.45) is 0.975. The second-order valence-corrected chi connectivity index (χ2v) is 5.17. The summed E-state index contributed by atoms with van der Waals surface area (Å²) >= 11 is 1.76. The molecule has 0 aliphatic carbocycles. The number of hydrogen-bond donors (Lipinski definition) is 1. The van der Waals surface area contributed by atoms with Gasteiger partial charge in [-0.25, -0.2) is 0 Å². The second kappa shape index (κ2) is 5.65. The first-order valence-corrected chi connectivity index (χ1v) is 6.73. The van der Waals surface area contributed by atoms with Crippen molar-refractivity contribution in [2.45, 2.75) is 20.3 Å². The molecule has 0 spiro atoms. The van der Waals surface area contributed by atoms with Gasteiger partial charge in [0.2, 0.25) is 0 Å². The molecule has 0 saturated carbocycles. The number of nitrogens with zero attached hydrogens (tertiary/aromatic N) is 2. The van der Waals surface area contributed by atoms with Gasteiger partial charge in [0.15, 0.2) is 0 Å². The number of pyridine rings is 1. The van der Waals surface area contributed by atoms with E-state index in [9.17, 15) is 0 Å². The first-order valence-electron chi connectivity index (χ1n) is 5.85. The molecule has 2 rings (SSSR count). The van der Waals surface area contributed by atoms with Gasteiger partial charge in [-0.15, -0.1) is 11.3 Å². The quantitative estimate of drug-likeness (QED) is 0.914. The highest BCUT2D eigenvalue weighted by Crippen LogP contribution is 2.19. The fourth-order valence-corrected chi connectivity index (χ4v) is 2.59. The van der Waals surface area contributed by atoms with Crippen LogP contribution in [0, 0.1) is 25.2 Å². The van der Waals surface area contributed by atoms with Crippen molar-refractivity contribution in [1.29, 1.82) is 5.26 Å². The number of nitrogens with one attached hydrogen (secondary N) is 1. The Morgan fingerprint density at radius 1 is 1.44 bits per heavy atom. The number of anilines is 1. The normalized spacial score (nSPS) is 10.1. The van der Waals surface area contributed by atoms with Crippen LogP contribution in [0.1, 0.15) is 21.8 Å². The molecule has 0 aliphatic heterocycles. The largest absolute Gasteiger partial charge is 0.384 e. The SMILES string of the molecule is Cc1cc(NCCc2cccs2)c(C#N)c(C)n1. The Morgan fingerprint density at radius 2 is 2.28 bits per heavy atom. The highest BCUT2D eigenvalue weighted by atomic mass is 32.1. The van der Waals surface area contributed by atoms with E-state index >= 15 is 0 Å². The van der Waals surface area contributed by atoms with Gasteiger partial charge in [0.05, 0.1) is 16.9 Å². The molecule has 0 bridgehead atoms. The smallest absolute Gasteiger partial charge is 0.103 e. The summed E-state index contributed by atoms with van der Waals surface area (Å²) in [7, 11) is 0. The average molecular weight is 257 g/mol. The zero-order valence-corrected chi connectivity index (χ0v) is 11.3. The van der Waals surface area contributed by atoms with Crippen molar-refractivity contribution in [3.8, 4) is 6.07 Å². The molecule has 0 fully saturated rings.